The Morgan fingerprint density at radius 3 is 2.75 bits per heavy atom. The van der Waals surface area contributed by atoms with E-state index in [9.17, 15) is 19.5 Å². The van der Waals surface area contributed by atoms with E-state index in [2.05, 4.69) is 6.58 Å². The van der Waals surface area contributed by atoms with Gasteiger partial charge in [0.05, 0.1) is 25.6 Å². The first-order valence-corrected chi connectivity index (χ1v) is 9.50. The van der Waals surface area contributed by atoms with Crippen molar-refractivity contribution in [3.63, 3.8) is 0 Å². The van der Waals surface area contributed by atoms with E-state index in [1.807, 2.05) is 6.92 Å². The van der Waals surface area contributed by atoms with Gasteiger partial charge in [-0.3, -0.25) is 4.79 Å². The van der Waals surface area contributed by atoms with Gasteiger partial charge in [0.1, 0.15) is 12.2 Å². The molecule has 2 rings (SSSR count). The van der Waals surface area contributed by atoms with Gasteiger partial charge in [-0.1, -0.05) is 26.5 Å². The molecule has 0 aromatic rings. The van der Waals surface area contributed by atoms with Crippen LogP contribution in [0.1, 0.15) is 39.5 Å². The fourth-order valence-electron chi connectivity index (χ4n) is 3.33. The largest absolute Gasteiger partial charge is 0.466 e. The standard InChI is InChI=1S/C21H28O7/c1-5-12(2)19(23)27-17-10-15(21(25)26-4)8-6-7-14(11-22)9-16-18(17)13(3)20(24)28-16/h8-9,12,16-18,22H,3,5-7,10-11H2,1-2,4H3. The number of aliphatic hydroxyl groups excluding tert-OH is 1. The van der Waals surface area contributed by atoms with Crippen LogP contribution in [0, 0.1) is 11.8 Å². The van der Waals surface area contributed by atoms with Gasteiger partial charge in [-0.25, -0.2) is 9.59 Å². The van der Waals surface area contributed by atoms with E-state index in [1.165, 1.54) is 7.11 Å². The molecule has 28 heavy (non-hydrogen) atoms. The minimum atomic E-state index is -0.815. The summed E-state index contributed by atoms with van der Waals surface area (Å²) in [7, 11) is 1.28. The molecule has 0 spiro atoms. The number of allylic oxidation sites excluding steroid dienone is 1. The number of methoxy groups -OCH3 is 1. The summed E-state index contributed by atoms with van der Waals surface area (Å²) in [6, 6.07) is 0. The normalized spacial score (nSPS) is 26.4. The van der Waals surface area contributed by atoms with Crippen LogP contribution >= 0.6 is 0 Å². The Kier molecular flexibility index (Phi) is 7.57. The molecule has 7 nitrogen and oxygen atoms in total. The van der Waals surface area contributed by atoms with Gasteiger partial charge in [0, 0.05) is 17.6 Å². The predicted octanol–water partition coefficient (Wildman–Crippen LogP) is 2.24. The molecule has 2 aliphatic rings. The van der Waals surface area contributed by atoms with E-state index < -0.39 is 36.0 Å². The summed E-state index contributed by atoms with van der Waals surface area (Å²) in [6.07, 6.45) is 3.58. The van der Waals surface area contributed by atoms with Crippen molar-refractivity contribution in [3.8, 4) is 0 Å². The van der Waals surface area contributed by atoms with Gasteiger partial charge >= 0.3 is 17.9 Å². The fraction of sp³-hybridized carbons (Fsp3) is 0.571. The van der Waals surface area contributed by atoms with Crippen LogP contribution in [-0.2, 0) is 28.6 Å². The summed E-state index contributed by atoms with van der Waals surface area (Å²) >= 11 is 0. The van der Waals surface area contributed by atoms with Crippen molar-refractivity contribution in [3.05, 3.63) is 35.5 Å². The molecule has 1 saturated heterocycles. The lowest BCUT2D eigenvalue weighted by atomic mass is 9.85. The average Bonchev–Trinajstić information content (AvgIpc) is 2.97. The van der Waals surface area contributed by atoms with E-state index in [1.54, 1.807) is 19.1 Å². The van der Waals surface area contributed by atoms with Crippen LogP contribution in [0.4, 0.5) is 0 Å². The molecular weight excluding hydrogens is 364 g/mol. The van der Waals surface area contributed by atoms with Crippen molar-refractivity contribution < 1.29 is 33.7 Å². The van der Waals surface area contributed by atoms with Crippen molar-refractivity contribution in [1.82, 2.24) is 0 Å². The summed E-state index contributed by atoms with van der Waals surface area (Å²) in [5.41, 5.74) is 1.21. The molecule has 0 saturated carbocycles. The Labute approximate surface area is 165 Å². The van der Waals surface area contributed by atoms with Crippen LogP contribution < -0.4 is 0 Å². The number of fused-ring (bicyclic) bond motifs is 1. The highest BCUT2D eigenvalue weighted by Gasteiger charge is 2.45. The van der Waals surface area contributed by atoms with Crippen LogP contribution in [0.15, 0.2) is 35.5 Å². The Bertz CT molecular complexity index is 704. The molecule has 1 fully saturated rings. The second-order valence-electron chi connectivity index (χ2n) is 7.15. The lowest BCUT2D eigenvalue weighted by Crippen LogP contribution is -2.35. The maximum Gasteiger partial charge on any atom is 0.334 e. The molecule has 0 aromatic heterocycles. The van der Waals surface area contributed by atoms with Crippen molar-refractivity contribution in [1.29, 1.82) is 0 Å². The molecule has 1 aliphatic heterocycles. The van der Waals surface area contributed by atoms with Crippen molar-refractivity contribution in [2.24, 2.45) is 11.8 Å². The average molecular weight is 392 g/mol. The Morgan fingerprint density at radius 1 is 1.43 bits per heavy atom. The van der Waals surface area contributed by atoms with Crippen molar-refractivity contribution in [2.75, 3.05) is 13.7 Å². The zero-order chi connectivity index (χ0) is 20.8. The molecule has 4 unspecified atom stereocenters. The van der Waals surface area contributed by atoms with E-state index in [-0.39, 0.29) is 24.5 Å². The van der Waals surface area contributed by atoms with Crippen LogP contribution in [0.25, 0.3) is 0 Å². The quantitative estimate of drug-likeness (QED) is 0.331. The van der Waals surface area contributed by atoms with E-state index in [4.69, 9.17) is 14.2 Å². The molecule has 0 amide bonds. The SMILES string of the molecule is C=C1C(=O)OC2C=C(CO)CCC=C(C(=O)OC)CC(OC(=O)C(C)CC)C12. The van der Waals surface area contributed by atoms with Crippen LogP contribution in [0.2, 0.25) is 0 Å². The number of carbonyl (C=O) groups excluding carboxylic acids is 3. The molecule has 0 aromatic carbocycles. The molecule has 4 atom stereocenters. The smallest absolute Gasteiger partial charge is 0.334 e. The van der Waals surface area contributed by atoms with E-state index in [0.717, 1.165) is 0 Å². The van der Waals surface area contributed by atoms with E-state index >= 15 is 0 Å². The maximum atomic E-state index is 12.5. The van der Waals surface area contributed by atoms with Gasteiger partial charge in [0.2, 0.25) is 0 Å². The second kappa shape index (κ2) is 9.68. The molecule has 0 bridgehead atoms. The minimum Gasteiger partial charge on any atom is -0.466 e. The van der Waals surface area contributed by atoms with Gasteiger partial charge in [0.15, 0.2) is 0 Å². The molecule has 1 N–H and O–H groups in total. The highest BCUT2D eigenvalue weighted by atomic mass is 16.6. The van der Waals surface area contributed by atoms with Gasteiger partial charge < -0.3 is 19.3 Å². The summed E-state index contributed by atoms with van der Waals surface area (Å²) < 4.78 is 16.0. The Morgan fingerprint density at radius 2 is 2.14 bits per heavy atom. The fourth-order valence-corrected chi connectivity index (χ4v) is 3.33. The van der Waals surface area contributed by atoms with Crippen molar-refractivity contribution in [2.45, 2.75) is 51.7 Å². The summed E-state index contributed by atoms with van der Waals surface area (Å²) in [4.78, 5) is 36.9. The summed E-state index contributed by atoms with van der Waals surface area (Å²) in [6.45, 7) is 7.24. The monoisotopic (exact) mass is 392 g/mol. The first-order chi connectivity index (χ1) is 13.3. The van der Waals surface area contributed by atoms with Crippen LogP contribution in [-0.4, -0.2) is 48.9 Å². The predicted molar refractivity (Wildman–Crippen MR) is 101 cm³/mol. The zero-order valence-electron chi connectivity index (χ0n) is 16.6. The third-order valence-electron chi connectivity index (χ3n) is 5.27. The van der Waals surface area contributed by atoms with Crippen LogP contribution in [0.5, 0.6) is 0 Å². The lowest BCUT2D eigenvalue weighted by Gasteiger charge is -2.28. The van der Waals surface area contributed by atoms with Crippen LogP contribution in [0.3, 0.4) is 0 Å². The first kappa shape index (κ1) is 21.9. The third kappa shape index (κ3) is 4.90. The van der Waals surface area contributed by atoms with Gasteiger partial charge in [-0.05, 0) is 30.9 Å². The summed E-state index contributed by atoms with van der Waals surface area (Å²) in [5.74, 6) is -2.48. The molecule has 7 heteroatoms. The number of aliphatic hydroxyl groups is 1. The molecular formula is C21H28O7. The summed E-state index contributed by atoms with van der Waals surface area (Å²) in [5, 5.41) is 9.63. The third-order valence-corrected chi connectivity index (χ3v) is 5.27. The lowest BCUT2D eigenvalue weighted by molar-refractivity contribution is -0.157. The number of carbonyl (C=O) groups is 3. The number of esters is 3. The highest BCUT2D eigenvalue weighted by molar-refractivity contribution is 5.92. The van der Waals surface area contributed by atoms with Gasteiger partial charge in [-0.15, -0.1) is 0 Å². The zero-order valence-corrected chi connectivity index (χ0v) is 16.6. The Hall–Kier alpha value is -2.41. The van der Waals surface area contributed by atoms with Crippen molar-refractivity contribution >= 4 is 17.9 Å². The van der Waals surface area contributed by atoms with E-state index in [0.29, 0.717) is 30.4 Å². The number of rotatable bonds is 5. The highest BCUT2D eigenvalue weighted by Crippen LogP contribution is 2.36. The maximum absolute atomic E-state index is 12.5. The molecule has 1 aliphatic carbocycles. The minimum absolute atomic E-state index is 0.0912. The van der Waals surface area contributed by atoms with Gasteiger partial charge in [0.25, 0.3) is 0 Å². The first-order valence-electron chi connectivity index (χ1n) is 9.50. The number of hydrogen-bond acceptors (Lipinski definition) is 7. The second-order valence-corrected chi connectivity index (χ2v) is 7.15. The number of hydrogen-bond donors (Lipinski definition) is 1. The number of ether oxygens (including phenoxy) is 3. The molecule has 154 valence electrons. The molecule has 0 radical (unpaired) electrons. The van der Waals surface area contributed by atoms with Gasteiger partial charge in [-0.2, -0.15) is 0 Å². The topological polar surface area (TPSA) is 99.1 Å². The Balaban J connectivity index is 2.47. The molecule has 1 heterocycles.